The predicted molar refractivity (Wildman–Crippen MR) is 53.9 cm³/mol. The van der Waals surface area contributed by atoms with Crippen LogP contribution in [0.1, 0.15) is 34.1 Å². The quantitative estimate of drug-likeness (QED) is 0.638. The van der Waals surface area contributed by atoms with E-state index in [1.807, 2.05) is 7.05 Å². The molecule has 1 N–H and O–H groups in total. The lowest BCUT2D eigenvalue weighted by atomic mass is 10.0. The monoisotopic (exact) mass is 187 g/mol. The molecule has 0 aromatic carbocycles. The maximum absolute atomic E-state index is 10.5. The Balaban J connectivity index is 3.74. The number of hydrogen-bond acceptors (Lipinski definition) is 3. The Morgan fingerprint density at radius 1 is 1.31 bits per heavy atom. The highest BCUT2D eigenvalue weighted by atomic mass is 16.5. The van der Waals surface area contributed by atoms with Crippen LogP contribution in [0.15, 0.2) is 0 Å². The summed E-state index contributed by atoms with van der Waals surface area (Å²) in [5.74, 6) is 0. The standard InChI is InChI=1S/C10H21NO2/c1-9(2,11-5)6-7-13-10(3,4)8-12/h8,11H,6-7H2,1-5H3. The zero-order valence-corrected chi connectivity index (χ0v) is 9.31. The van der Waals surface area contributed by atoms with Gasteiger partial charge in [-0.3, -0.25) is 0 Å². The molecule has 0 aromatic rings. The van der Waals surface area contributed by atoms with Crippen molar-refractivity contribution < 1.29 is 9.53 Å². The molecule has 0 atom stereocenters. The number of ether oxygens (including phenoxy) is 1. The number of aldehydes is 1. The van der Waals surface area contributed by atoms with Gasteiger partial charge in [0.2, 0.25) is 0 Å². The third-order valence-corrected chi connectivity index (χ3v) is 2.16. The first-order valence-corrected chi connectivity index (χ1v) is 4.62. The highest BCUT2D eigenvalue weighted by Gasteiger charge is 2.19. The van der Waals surface area contributed by atoms with Crippen LogP contribution in [0.5, 0.6) is 0 Å². The van der Waals surface area contributed by atoms with Crippen molar-refractivity contribution in [2.24, 2.45) is 0 Å². The molecule has 0 aliphatic heterocycles. The van der Waals surface area contributed by atoms with Crippen LogP contribution in [0.25, 0.3) is 0 Å². The first-order valence-electron chi connectivity index (χ1n) is 4.62. The Hall–Kier alpha value is -0.410. The molecular weight excluding hydrogens is 166 g/mol. The lowest BCUT2D eigenvalue weighted by molar-refractivity contribution is -0.127. The molecule has 0 fully saturated rings. The Bertz CT molecular complexity index is 164. The van der Waals surface area contributed by atoms with E-state index in [2.05, 4.69) is 19.2 Å². The Morgan fingerprint density at radius 3 is 2.23 bits per heavy atom. The van der Waals surface area contributed by atoms with Crippen LogP contribution in [0.3, 0.4) is 0 Å². The molecule has 0 spiro atoms. The van der Waals surface area contributed by atoms with Gasteiger partial charge in [-0.1, -0.05) is 0 Å². The number of rotatable bonds is 6. The fourth-order valence-electron chi connectivity index (χ4n) is 0.728. The molecule has 0 amide bonds. The molecule has 78 valence electrons. The van der Waals surface area contributed by atoms with E-state index in [-0.39, 0.29) is 5.54 Å². The number of carbonyl (C=O) groups excluding carboxylic acids is 1. The molecule has 0 unspecified atom stereocenters. The van der Waals surface area contributed by atoms with Gasteiger partial charge in [-0.15, -0.1) is 0 Å². The number of carbonyl (C=O) groups is 1. The van der Waals surface area contributed by atoms with Crippen molar-refractivity contribution in [3.8, 4) is 0 Å². The van der Waals surface area contributed by atoms with E-state index in [0.29, 0.717) is 6.61 Å². The smallest absolute Gasteiger partial charge is 0.151 e. The Labute approximate surface area is 80.8 Å². The van der Waals surface area contributed by atoms with Gasteiger partial charge in [-0.2, -0.15) is 0 Å². The van der Waals surface area contributed by atoms with Crippen molar-refractivity contribution in [3.63, 3.8) is 0 Å². The summed E-state index contributed by atoms with van der Waals surface area (Å²) in [4.78, 5) is 10.5. The van der Waals surface area contributed by atoms with Crippen LogP contribution < -0.4 is 5.32 Å². The Kier molecular flexibility index (Phi) is 4.57. The highest BCUT2D eigenvalue weighted by molar-refractivity contribution is 5.60. The Morgan fingerprint density at radius 2 is 1.85 bits per heavy atom. The van der Waals surface area contributed by atoms with Gasteiger partial charge >= 0.3 is 0 Å². The van der Waals surface area contributed by atoms with E-state index in [4.69, 9.17) is 4.74 Å². The van der Waals surface area contributed by atoms with Gasteiger partial charge in [0.15, 0.2) is 6.29 Å². The van der Waals surface area contributed by atoms with Crippen LogP contribution in [0.4, 0.5) is 0 Å². The zero-order valence-electron chi connectivity index (χ0n) is 9.31. The van der Waals surface area contributed by atoms with Crippen molar-refractivity contribution in [3.05, 3.63) is 0 Å². The average molecular weight is 187 g/mol. The third-order valence-electron chi connectivity index (χ3n) is 2.16. The van der Waals surface area contributed by atoms with Crippen molar-refractivity contribution in [1.29, 1.82) is 0 Å². The van der Waals surface area contributed by atoms with Gasteiger partial charge in [0, 0.05) is 12.1 Å². The fourth-order valence-corrected chi connectivity index (χ4v) is 0.728. The summed E-state index contributed by atoms with van der Waals surface area (Å²) in [6.45, 7) is 8.34. The third kappa shape index (κ3) is 5.77. The number of nitrogens with one attached hydrogen (secondary N) is 1. The molecular formula is C10H21NO2. The van der Waals surface area contributed by atoms with Crippen molar-refractivity contribution in [2.45, 2.75) is 45.3 Å². The summed E-state index contributed by atoms with van der Waals surface area (Å²) in [6, 6.07) is 0. The molecule has 3 nitrogen and oxygen atoms in total. The summed E-state index contributed by atoms with van der Waals surface area (Å²) in [6.07, 6.45) is 1.72. The van der Waals surface area contributed by atoms with Crippen LogP contribution >= 0.6 is 0 Å². The highest BCUT2D eigenvalue weighted by Crippen LogP contribution is 2.11. The van der Waals surface area contributed by atoms with E-state index in [9.17, 15) is 4.79 Å². The topological polar surface area (TPSA) is 38.3 Å². The van der Waals surface area contributed by atoms with Crippen LogP contribution in [0, 0.1) is 0 Å². The zero-order chi connectivity index (χ0) is 10.5. The van der Waals surface area contributed by atoms with E-state index in [1.54, 1.807) is 13.8 Å². The molecule has 0 radical (unpaired) electrons. The van der Waals surface area contributed by atoms with Crippen molar-refractivity contribution in [1.82, 2.24) is 5.32 Å². The second-order valence-corrected chi connectivity index (χ2v) is 4.45. The van der Waals surface area contributed by atoms with Crippen LogP contribution in [0.2, 0.25) is 0 Å². The second kappa shape index (κ2) is 4.72. The van der Waals surface area contributed by atoms with Crippen molar-refractivity contribution in [2.75, 3.05) is 13.7 Å². The minimum absolute atomic E-state index is 0.0684. The molecule has 0 bridgehead atoms. The van der Waals surface area contributed by atoms with Gasteiger partial charge in [0.05, 0.1) is 0 Å². The van der Waals surface area contributed by atoms with E-state index < -0.39 is 5.60 Å². The predicted octanol–water partition coefficient (Wildman–Crippen LogP) is 1.37. The molecule has 0 saturated carbocycles. The van der Waals surface area contributed by atoms with Gasteiger partial charge in [0.25, 0.3) is 0 Å². The molecule has 3 heteroatoms. The van der Waals surface area contributed by atoms with Gasteiger partial charge in [-0.25, -0.2) is 0 Å². The molecule has 0 rings (SSSR count). The minimum Gasteiger partial charge on any atom is -0.368 e. The first kappa shape index (κ1) is 12.6. The molecule has 0 saturated heterocycles. The van der Waals surface area contributed by atoms with E-state index in [0.717, 1.165) is 12.7 Å². The SMILES string of the molecule is CNC(C)(C)CCOC(C)(C)C=O. The lowest BCUT2D eigenvalue weighted by Crippen LogP contribution is -2.38. The first-order chi connectivity index (χ1) is 5.83. The van der Waals surface area contributed by atoms with Gasteiger partial charge < -0.3 is 14.8 Å². The maximum atomic E-state index is 10.5. The molecule has 0 aromatic heterocycles. The summed E-state index contributed by atoms with van der Waals surface area (Å²) in [5, 5.41) is 3.18. The van der Waals surface area contributed by atoms with Crippen molar-refractivity contribution >= 4 is 6.29 Å². The van der Waals surface area contributed by atoms with Gasteiger partial charge in [0.1, 0.15) is 5.60 Å². The second-order valence-electron chi connectivity index (χ2n) is 4.45. The normalized spacial score (nSPS) is 13.0. The number of hydrogen-bond donors (Lipinski definition) is 1. The van der Waals surface area contributed by atoms with Crippen LogP contribution in [-0.2, 0) is 9.53 Å². The average Bonchev–Trinajstić information content (AvgIpc) is 2.04. The molecule has 13 heavy (non-hydrogen) atoms. The largest absolute Gasteiger partial charge is 0.368 e. The fraction of sp³-hybridized carbons (Fsp3) is 0.900. The van der Waals surface area contributed by atoms with Crippen LogP contribution in [-0.4, -0.2) is 31.1 Å². The summed E-state index contributed by atoms with van der Waals surface area (Å²) in [7, 11) is 1.92. The molecule has 0 aliphatic carbocycles. The lowest BCUT2D eigenvalue weighted by Gasteiger charge is -2.26. The molecule has 0 heterocycles. The van der Waals surface area contributed by atoms with E-state index >= 15 is 0 Å². The van der Waals surface area contributed by atoms with Gasteiger partial charge in [-0.05, 0) is 41.2 Å². The summed E-state index contributed by atoms with van der Waals surface area (Å²) >= 11 is 0. The summed E-state index contributed by atoms with van der Waals surface area (Å²) < 4.78 is 5.41. The maximum Gasteiger partial charge on any atom is 0.151 e. The summed E-state index contributed by atoms with van der Waals surface area (Å²) in [5.41, 5.74) is -0.581. The van der Waals surface area contributed by atoms with E-state index in [1.165, 1.54) is 0 Å². The molecule has 0 aliphatic rings. The minimum atomic E-state index is -0.649.